The molecule has 0 atom stereocenters. The first kappa shape index (κ1) is 9.74. The summed E-state index contributed by atoms with van der Waals surface area (Å²) in [5, 5.41) is 25.8. The predicted molar refractivity (Wildman–Crippen MR) is 47.2 cm³/mol. The zero-order valence-electron chi connectivity index (χ0n) is 7.01. The molecule has 0 unspecified atom stereocenters. The molecule has 1 aromatic heterocycles. The zero-order valence-corrected chi connectivity index (χ0v) is 7.01. The van der Waals surface area contributed by atoms with E-state index in [1.54, 1.807) is 0 Å². The molecule has 0 spiro atoms. The summed E-state index contributed by atoms with van der Waals surface area (Å²) >= 11 is 0. The molecule has 2 N–H and O–H groups in total. The second-order valence-electron chi connectivity index (χ2n) is 2.42. The average Bonchev–Trinajstić information content (AvgIpc) is 2.19. The van der Waals surface area contributed by atoms with Crippen molar-refractivity contribution in [3.63, 3.8) is 0 Å². The number of aliphatic hydroxyl groups excluding tert-OH is 1. The highest BCUT2D eigenvalue weighted by Gasteiger charge is 2.11. The summed E-state index contributed by atoms with van der Waals surface area (Å²) in [6.07, 6.45) is 3.04. The van der Waals surface area contributed by atoms with Gasteiger partial charge in [0.25, 0.3) is 0 Å². The largest absolute Gasteiger partial charge is 0.515 e. The van der Waals surface area contributed by atoms with E-state index >= 15 is 0 Å². The van der Waals surface area contributed by atoms with Gasteiger partial charge in [-0.25, -0.2) is 4.79 Å². The lowest BCUT2D eigenvalue weighted by molar-refractivity contribution is -0.130. The Labute approximate surface area is 79.6 Å². The van der Waals surface area contributed by atoms with Crippen molar-refractivity contribution < 1.29 is 15.0 Å². The van der Waals surface area contributed by atoms with Crippen molar-refractivity contribution in [2.24, 2.45) is 0 Å². The summed E-state index contributed by atoms with van der Waals surface area (Å²) < 4.78 is 0. The summed E-state index contributed by atoms with van der Waals surface area (Å²) in [4.78, 5) is 14.3. The third-order valence-corrected chi connectivity index (χ3v) is 1.54. The first-order chi connectivity index (χ1) is 6.69. The highest BCUT2D eigenvalue weighted by atomic mass is 16.4. The van der Waals surface area contributed by atoms with Gasteiger partial charge in [-0.2, -0.15) is 5.26 Å². The van der Waals surface area contributed by atoms with Gasteiger partial charge in [-0.3, -0.25) is 4.98 Å². The van der Waals surface area contributed by atoms with Crippen LogP contribution in [-0.4, -0.2) is 21.2 Å². The molecule has 0 amide bonds. The second-order valence-corrected chi connectivity index (χ2v) is 2.42. The third-order valence-electron chi connectivity index (χ3n) is 1.54. The number of carboxylic acid groups (broad SMARTS) is 1. The Kier molecular flexibility index (Phi) is 2.82. The molecule has 1 aromatic rings. The molecule has 5 nitrogen and oxygen atoms in total. The maximum absolute atomic E-state index is 10.6. The zero-order chi connectivity index (χ0) is 10.6. The van der Waals surface area contributed by atoms with Gasteiger partial charge >= 0.3 is 5.97 Å². The Hall–Kier alpha value is -2.35. The van der Waals surface area contributed by atoms with Crippen molar-refractivity contribution >= 4 is 11.5 Å². The standard InChI is InChI=1S/C9H6N2O3/c10-2-6-1-7(4-11-3-6)8(5-12)9(13)14/h1,3-5,12H,(H,13,14)/b8-5+. The second kappa shape index (κ2) is 4.05. The van der Waals surface area contributed by atoms with E-state index in [-0.39, 0.29) is 16.7 Å². The van der Waals surface area contributed by atoms with Crippen molar-refractivity contribution in [3.8, 4) is 6.07 Å². The Morgan fingerprint density at radius 2 is 2.29 bits per heavy atom. The lowest BCUT2D eigenvalue weighted by Crippen LogP contribution is -2.00. The van der Waals surface area contributed by atoms with Gasteiger partial charge in [0.15, 0.2) is 0 Å². The van der Waals surface area contributed by atoms with Crippen LogP contribution in [0.1, 0.15) is 11.1 Å². The molecule has 70 valence electrons. The Bertz CT molecular complexity index is 432. The van der Waals surface area contributed by atoms with Gasteiger partial charge in [-0.1, -0.05) is 0 Å². The van der Waals surface area contributed by atoms with Crippen molar-refractivity contribution in [3.05, 3.63) is 35.8 Å². The number of hydrogen-bond acceptors (Lipinski definition) is 4. The van der Waals surface area contributed by atoms with Crippen molar-refractivity contribution in [2.45, 2.75) is 0 Å². The molecule has 0 aliphatic carbocycles. The smallest absolute Gasteiger partial charge is 0.339 e. The van der Waals surface area contributed by atoms with Crippen molar-refractivity contribution in [1.82, 2.24) is 4.98 Å². The topological polar surface area (TPSA) is 94.2 Å². The summed E-state index contributed by atoms with van der Waals surface area (Å²) in [5.74, 6) is -1.27. The van der Waals surface area contributed by atoms with Crippen molar-refractivity contribution in [2.75, 3.05) is 0 Å². The minimum absolute atomic E-state index is 0.194. The number of carbonyl (C=O) groups is 1. The number of nitrogens with zero attached hydrogens (tertiary/aromatic N) is 2. The van der Waals surface area contributed by atoms with E-state index in [1.165, 1.54) is 18.5 Å². The predicted octanol–water partition coefficient (Wildman–Crippen LogP) is 0.937. The number of nitriles is 1. The lowest BCUT2D eigenvalue weighted by Gasteiger charge is -1.99. The van der Waals surface area contributed by atoms with Gasteiger partial charge in [-0.05, 0) is 6.07 Å². The number of carboxylic acids is 1. The van der Waals surface area contributed by atoms with Crippen LogP contribution in [0.3, 0.4) is 0 Å². The van der Waals surface area contributed by atoms with Gasteiger partial charge in [-0.15, -0.1) is 0 Å². The third kappa shape index (κ3) is 1.87. The molecule has 14 heavy (non-hydrogen) atoms. The molecule has 1 heterocycles. The lowest BCUT2D eigenvalue weighted by atomic mass is 10.1. The fourth-order valence-electron chi connectivity index (χ4n) is 0.902. The maximum Gasteiger partial charge on any atom is 0.339 e. The van der Waals surface area contributed by atoms with Crippen LogP contribution in [0.25, 0.3) is 5.57 Å². The first-order valence-corrected chi connectivity index (χ1v) is 3.62. The van der Waals surface area contributed by atoms with Crippen LogP contribution in [-0.2, 0) is 4.79 Å². The van der Waals surface area contributed by atoms with Gasteiger partial charge in [0.2, 0.25) is 0 Å². The van der Waals surface area contributed by atoms with Gasteiger partial charge < -0.3 is 10.2 Å². The van der Waals surface area contributed by atoms with E-state index in [9.17, 15) is 4.79 Å². The van der Waals surface area contributed by atoms with Crippen LogP contribution < -0.4 is 0 Å². The molecule has 0 fully saturated rings. The molecule has 0 aliphatic rings. The van der Waals surface area contributed by atoms with Crippen LogP contribution in [0.5, 0.6) is 0 Å². The molecular formula is C9H6N2O3. The van der Waals surface area contributed by atoms with Gasteiger partial charge in [0.05, 0.1) is 11.8 Å². The number of aromatic nitrogens is 1. The molecule has 0 bridgehead atoms. The Balaban J connectivity index is 3.20. The van der Waals surface area contributed by atoms with Crippen LogP contribution in [0.15, 0.2) is 24.7 Å². The fourth-order valence-corrected chi connectivity index (χ4v) is 0.902. The normalized spacial score (nSPS) is 10.6. The van der Waals surface area contributed by atoms with E-state index in [2.05, 4.69) is 4.98 Å². The number of aliphatic carboxylic acids is 1. The van der Waals surface area contributed by atoms with E-state index in [4.69, 9.17) is 15.5 Å². The van der Waals surface area contributed by atoms with Crippen LogP contribution in [0, 0.1) is 11.3 Å². The summed E-state index contributed by atoms with van der Waals surface area (Å²) in [5.41, 5.74) is 0.136. The molecule has 1 rings (SSSR count). The molecule has 0 aromatic carbocycles. The SMILES string of the molecule is N#Cc1cncc(/C(=C\O)C(=O)O)c1. The molecule has 0 aliphatic heterocycles. The molecule has 0 saturated heterocycles. The highest BCUT2D eigenvalue weighted by Crippen LogP contribution is 2.13. The monoisotopic (exact) mass is 190 g/mol. The van der Waals surface area contributed by atoms with Crippen LogP contribution in [0.4, 0.5) is 0 Å². The molecule has 0 radical (unpaired) electrons. The first-order valence-electron chi connectivity index (χ1n) is 3.62. The van der Waals surface area contributed by atoms with E-state index in [0.29, 0.717) is 6.26 Å². The summed E-state index contributed by atoms with van der Waals surface area (Å²) in [6, 6.07) is 3.16. The quantitative estimate of drug-likeness (QED) is 0.534. The minimum Gasteiger partial charge on any atom is -0.515 e. The molecular weight excluding hydrogens is 184 g/mol. The number of pyridine rings is 1. The molecule has 5 heteroatoms. The Morgan fingerprint density at radius 3 is 2.79 bits per heavy atom. The van der Waals surface area contributed by atoms with E-state index in [1.807, 2.05) is 6.07 Å². The maximum atomic E-state index is 10.6. The number of rotatable bonds is 2. The summed E-state index contributed by atoms with van der Waals surface area (Å²) in [6.45, 7) is 0. The van der Waals surface area contributed by atoms with E-state index < -0.39 is 5.97 Å². The van der Waals surface area contributed by atoms with Crippen LogP contribution >= 0.6 is 0 Å². The highest BCUT2D eigenvalue weighted by molar-refractivity contribution is 6.14. The fraction of sp³-hybridized carbons (Fsp3) is 0. The number of hydrogen-bond donors (Lipinski definition) is 2. The average molecular weight is 190 g/mol. The van der Waals surface area contributed by atoms with Crippen molar-refractivity contribution in [1.29, 1.82) is 5.26 Å². The van der Waals surface area contributed by atoms with Gasteiger partial charge in [0.1, 0.15) is 11.6 Å². The summed E-state index contributed by atoms with van der Waals surface area (Å²) in [7, 11) is 0. The minimum atomic E-state index is -1.27. The van der Waals surface area contributed by atoms with E-state index in [0.717, 1.165) is 0 Å². The van der Waals surface area contributed by atoms with Crippen LogP contribution in [0.2, 0.25) is 0 Å². The number of aliphatic hydroxyl groups is 1. The Morgan fingerprint density at radius 1 is 1.57 bits per heavy atom. The van der Waals surface area contributed by atoms with Gasteiger partial charge in [0, 0.05) is 18.0 Å². The molecule has 0 saturated carbocycles.